The average Bonchev–Trinajstić information content (AvgIpc) is 3.37. The summed E-state index contributed by atoms with van der Waals surface area (Å²) in [5.74, 6) is -2.52. The molecule has 0 unspecified atom stereocenters. The first kappa shape index (κ1) is 29.8. The molecule has 0 saturated carbocycles. The van der Waals surface area contributed by atoms with Crippen molar-refractivity contribution in [1.29, 1.82) is 0 Å². The minimum Gasteiger partial charge on any atom is -0.544 e. The molecule has 3 N–H and O–H groups in total. The van der Waals surface area contributed by atoms with Crippen LogP contribution in [0.15, 0.2) is 0 Å². The molecule has 0 radical (unpaired) electrons. The van der Waals surface area contributed by atoms with Crippen LogP contribution < -0.4 is 50.2 Å². The summed E-state index contributed by atoms with van der Waals surface area (Å²) in [5.41, 5.74) is 0.544. The van der Waals surface area contributed by atoms with Gasteiger partial charge in [-0.3, -0.25) is 9.59 Å². The van der Waals surface area contributed by atoms with Gasteiger partial charge >= 0.3 is 29.6 Å². The Morgan fingerprint density at radius 2 is 1.97 bits per heavy atom. The molecule has 2 amide bonds. The van der Waals surface area contributed by atoms with E-state index in [9.17, 15) is 19.5 Å². The third kappa shape index (κ3) is 6.89. The number of ether oxygens (including phenoxy) is 2. The summed E-state index contributed by atoms with van der Waals surface area (Å²) < 4.78 is 10.5. The number of nitrogens with zero attached hydrogens (tertiary/aromatic N) is 2. The summed E-state index contributed by atoms with van der Waals surface area (Å²) in [4.78, 5) is 45.4. The van der Waals surface area contributed by atoms with E-state index in [4.69, 9.17) is 32.7 Å². The van der Waals surface area contributed by atoms with Crippen LogP contribution in [0.4, 0.5) is 5.13 Å². The number of carbonyl (C=O) groups excluding carboxylic acids is 3. The molecule has 1 saturated heterocycles. The van der Waals surface area contributed by atoms with E-state index in [2.05, 4.69) is 20.6 Å². The zero-order chi connectivity index (χ0) is 25.0. The van der Waals surface area contributed by atoms with Gasteiger partial charge in [-0.2, -0.15) is 0 Å². The average molecular weight is 556 g/mol. The fourth-order valence-electron chi connectivity index (χ4n) is 3.55. The zero-order valence-electron chi connectivity index (χ0n) is 19.7. The van der Waals surface area contributed by atoms with Gasteiger partial charge in [-0.05, 0) is 13.3 Å². The Labute approximate surface area is 238 Å². The molecule has 11 nitrogen and oxygen atoms in total. The van der Waals surface area contributed by atoms with Gasteiger partial charge in [-0.25, -0.2) is 4.98 Å². The number of aromatic nitrogens is 2. The van der Waals surface area contributed by atoms with Crippen molar-refractivity contribution in [2.24, 2.45) is 0 Å². The van der Waals surface area contributed by atoms with Crippen LogP contribution in [-0.4, -0.2) is 80.4 Å². The molecule has 15 heteroatoms. The molecule has 1 aliphatic heterocycles. The molecule has 2 aromatic heterocycles. The normalized spacial score (nSPS) is 17.6. The second-order valence-electron chi connectivity index (χ2n) is 7.55. The third-order valence-electron chi connectivity index (χ3n) is 5.34. The largest absolute Gasteiger partial charge is 1.00 e. The fourth-order valence-corrected chi connectivity index (χ4v) is 4.90. The molecule has 1 fully saturated rings. The Kier molecular flexibility index (Phi) is 11.3. The van der Waals surface area contributed by atoms with E-state index in [0.29, 0.717) is 35.4 Å². The topological polar surface area (TPSA) is 149 Å². The zero-order valence-corrected chi connectivity index (χ0v) is 24.0. The predicted molar refractivity (Wildman–Crippen MR) is 125 cm³/mol. The van der Waals surface area contributed by atoms with E-state index in [-0.39, 0.29) is 70.0 Å². The van der Waals surface area contributed by atoms with Gasteiger partial charge in [-0.1, -0.05) is 34.5 Å². The number of piperidine rings is 1. The number of anilines is 1. The van der Waals surface area contributed by atoms with E-state index in [1.54, 1.807) is 6.92 Å². The van der Waals surface area contributed by atoms with Crippen LogP contribution in [0.1, 0.15) is 42.8 Å². The Morgan fingerprint density at radius 1 is 1.26 bits per heavy atom. The predicted octanol–water partition coefficient (Wildman–Crippen LogP) is -2.15. The summed E-state index contributed by atoms with van der Waals surface area (Å²) in [6.45, 7) is 2.94. The van der Waals surface area contributed by atoms with Crippen molar-refractivity contribution in [2.45, 2.75) is 25.5 Å². The summed E-state index contributed by atoms with van der Waals surface area (Å²) in [7, 11) is 3.00. The van der Waals surface area contributed by atoms with Crippen molar-refractivity contribution in [3.63, 3.8) is 0 Å². The van der Waals surface area contributed by atoms with E-state index in [0.717, 1.165) is 11.3 Å². The molecule has 1 aliphatic rings. The van der Waals surface area contributed by atoms with Gasteiger partial charge in [-0.15, -0.1) is 0 Å². The maximum Gasteiger partial charge on any atom is 1.00 e. The molecule has 0 aromatic carbocycles. The van der Waals surface area contributed by atoms with Crippen LogP contribution in [-0.2, 0) is 9.47 Å². The van der Waals surface area contributed by atoms with Crippen LogP contribution >= 0.6 is 34.5 Å². The number of aromatic carboxylic acids is 1. The molecule has 3 heterocycles. The van der Waals surface area contributed by atoms with Crippen LogP contribution in [0.3, 0.4) is 0 Å². The number of halogens is 2. The van der Waals surface area contributed by atoms with E-state index < -0.39 is 23.9 Å². The van der Waals surface area contributed by atoms with Crippen molar-refractivity contribution in [1.82, 2.24) is 20.6 Å². The molecular weight excluding hydrogens is 532 g/mol. The van der Waals surface area contributed by atoms with E-state index in [1.807, 2.05) is 4.90 Å². The monoisotopic (exact) mass is 555 g/mol. The first-order valence-electron chi connectivity index (χ1n) is 10.3. The number of carboxylic acid groups (broad SMARTS) is 1. The molecule has 0 spiro atoms. The third-order valence-corrected chi connectivity index (χ3v) is 7.38. The van der Waals surface area contributed by atoms with Gasteiger partial charge in [0.2, 0.25) is 0 Å². The van der Waals surface area contributed by atoms with E-state index in [1.165, 1.54) is 14.2 Å². The second kappa shape index (κ2) is 13.2. The fraction of sp³-hybridized carbons (Fsp3) is 0.500. The van der Waals surface area contributed by atoms with Gasteiger partial charge in [0.15, 0.2) is 10.8 Å². The number of aromatic amines is 1. The van der Waals surface area contributed by atoms with Crippen molar-refractivity contribution in [3.05, 3.63) is 32.0 Å². The smallest absolute Gasteiger partial charge is 0.544 e. The first-order chi connectivity index (χ1) is 16.2. The van der Waals surface area contributed by atoms with E-state index >= 15 is 0 Å². The summed E-state index contributed by atoms with van der Waals surface area (Å²) in [5, 5.41) is 17.8. The molecule has 3 rings (SSSR count). The molecule has 2 aromatic rings. The van der Waals surface area contributed by atoms with Crippen molar-refractivity contribution in [3.8, 4) is 0 Å². The number of thiazole rings is 1. The minimum atomic E-state index is -1.48. The van der Waals surface area contributed by atoms with Crippen LogP contribution in [0, 0.1) is 6.92 Å². The van der Waals surface area contributed by atoms with Gasteiger partial charge in [0.1, 0.15) is 5.69 Å². The number of rotatable bonds is 9. The number of H-pyrrole nitrogens is 1. The van der Waals surface area contributed by atoms with Crippen LogP contribution in [0.5, 0.6) is 0 Å². The summed E-state index contributed by atoms with van der Waals surface area (Å²) in [6.07, 6.45) is 0.0440. The summed E-state index contributed by atoms with van der Waals surface area (Å²) >= 11 is 13.1. The minimum absolute atomic E-state index is 0. The SMILES string of the molecule is COCCNC(=O)c1nc(N2CC[C@@H](NC(=O)c3[nH]c(C)c(Cl)c3Cl)[C@@H](OC)C2)sc1C(=O)[O-].[Na+]. The molecule has 186 valence electrons. The van der Waals surface area contributed by atoms with Crippen LogP contribution in [0.25, 0.3) is 0 Å². The Morgan fingerprint density at radius 3 is 2.54 bits per heavy atom. The standard InChI is InChI=1S/C20H25Cl2N5O6S.Na/c1-9-12(21)13(22)14(24-9)18(29)25-10-4-6-27(8-11(10)33-3)20-26-15(16(34-20)19(30)31)17(28)23-5-7-32-2;/h10-11,24H,4-8H2,1-3H3,(H,23,28)(H,25,29)(H,30,31);/q;+1/p-1/t10-,11+;/m1./s1. The number of aryl methyl sites for hydroxylation is 1. The molecule has 0 aliphatic carbocycles. The maximum absolute atomic E-state index is 12.7. The van der Waals surface area contributed by atoms with Crippen LogP contribution in [0.2, 0.25) is 10.0 Å². The molecule has 0 bridgehead atoms. The van der Waals surface area contributed by atoms with Crippen molar-refractivity contribution >= 4 is 57.5 Å². The molecule has 35 heavy (non-hydrogen) atoms. The number of amides is 2. The number of carbonyl (C=O) groups is 3. The second-order valence-corrected chi connectivity index (χ2v) is 9.29. The maximum atomic E-state index is 12.7. The number of hydrogen-bond donors (Lipinski definition) is 3. The van der Waals surface area contributed by atoms with Gasteiger partial charge in [0.05, 0.1) is 39.6 Å². The number of carboxylic acids is 1. The molecule has 2 atom stereocenters. The van der Waals surface area contributed by atoms with Crippen molar-refractivity contribution in [2.75, 3.05) is 45.4 Å². The first-order valence-corrected chi connectivity index (χ1v) is 11.9. The number of nitrogens with one attached hydrogen (secondary N) is 3. The quantitative estimate of drug-likeness (QED) is 0.234. The van der Waals surface area contributed by atoms with Gasteiger partial charge in [0, 0.05) is 39.5 Å². The Bertz CT molecular complexity index is 1080. The Balaban J connectivity index is 0.00000432. The molecular formula is C20H24Cl2N5NaO6S. The number of hydrogen-bond acceptors (Lipinski definition) is 9. The Hall–Kier alpha value is -1.38. The number of methoxy groups -OCH3 is 2. The summed E-state index contributed by atoms with van der Waals surface area (Å²) in [6, 6.07) is -0.343. The van der Waals surface area contributed by atoms with Gasteiger partial charge in [0.25, 0.3) is 11.8 Å². The van der Waals surface area contributed by atoms with Gasteiger partial charge < -0.3 is 39.9 Å². The van der Waals surface area contributed by atoms with Crippen molar-refractivity contribution < 1.29 is 58.5 Å².